The maximum absolute atomic E-state index is 14.8. The summed E-state index contributed by atoms with van der Waals surface area (Å²) in [5, 5.41) is 0.737. The predicted molar refractivity (Wildman–Crippen MR) is 118 cm³/mol. The fourth-order valence-electron chi connectivity index (χ4n) is 3.19. The van der Waals surface area contributed by atoms with Crippen molar-refractivity contribution in [1.82, 2.24) is 4.57 Å². The molecule has 7 heteroatoms. The first kappa shape index (κ1) is 21.4. The number of nitrogen functional groups attached to an aromatic ring is 1. The third-order valence-corrected chi connectivity index (χ3v) is 4.79. The molecule has 0 spiro atoms. The van der Waals surface area contributed by atoms with Gasteiger partial charge in [-0.1, -0.05) is 6.92 Å². The van der Waals surface area contributed by atoms with Gasteiger partial charge in [-0.15, -0.1) is 0 Å². The number of carbonyl (C=O) groups excluding carboxylic acids is 1. The molecule has 0 aliphatic carbocycles. The Hall–Kier alpha value is -3.35. The number of pyridine rings is 1. The number of amides is 1. The van der Waals surface area contributed by atoms with Crippen LogP contribution < -0.4 is 16.2 Å². The van der Waals surface area contributed by atoms with Gasteiger partial charge in [0.15, 0.2) is 0 Å². The van der Waals surface area contributed by atoms with Crippen molar-refractivity contribution in [2.45, 2.75) is 39.7 Å². The zero-order valence-electron chi connectivity index (χ0n) is 17.8. The monoisotopic (exact) mass is 411 g/mol. The minimum Gasteiger partial charge on any atom is -0.443 e. The number of anilines is 2. The molecule has 1 heterocycles. The van der Waals surface area contributed by atoms with Gasteiger partial charge in [-0.05, 0) is 74.5 Å². The molecule has 0 radical (unpaired) electrons. The van der Waals surface area contributed by atoms with Crippen LogP contribution in [0.2, 0.25) is 0 Å². The Morgan fingerprint density at radius 3 is 2.53 bits per heavy atom. The lowest BCUT2D eigenvalue weighted by atomic mass is 10.1. The summed E-state index contributed by atoms with van der Waals surface area (Å²) in [6.07, 6.45) is 1.69. The number of aryl methyl sites for hydroxylation is 1. The number of carbonyl (C=O) groups is 1. The molecule has 0 fully saturated rings. The number of nitrogens with two attached hydrogens (primary N) is 1. The van der Waals surface area contributed by atoms with E-state index in [0.717, 1.165) is 23.0 Å². The number of nitrogens with zero attached hydrogens (tertiary/aromatic N) is 2. The van der Waals surface area contributed by atoms with Crippen LogP contribution in [0.25, 0.3) is 16.5 Å². The standard InChI is InChI=1S/C23H26FN3O3/c1-6-14-11-16(7-8-19(14)25)27-10-9-15-12-20(18(24)13-17(15)21(27)28)26(5)22(29)30-23(2,3)4/h7-13H,6,25H2,1-5H3. The number of hydrogen-bond donors (Lipinski definition) is 1. The van der Waals surface area contributed by atoms with Crippen LogP contribution in [0.3, 0.4) is 0 Å². The van der Waals surface area contributed by atoms with Crippen molar-refractivity contribution in [3.05, 3.63) is 64.3 Å². The van der Waals surface area contributed by atoms with E-state index in [0.29, 0.717) is 16.8 Å². The Morgan fingerprint density at radius 2 is 1.90 bits per heavy atom. The number of rotatable bonds is 3. The maximum atomic E-state index is 14.8. The van der Waals surface area contributed by atoms with Crippen LogP contribution in [-0.4, -0.2) is 23.3 Å². The van der Waals surface area contributed by atoms with Gasteiger partial charge in [-0.2, -0.15) is 0 Å². The molecule has 1 aromatic heterocycles. The molecule has 158 valence electrons. The highest BCUT2D eigenvalue weighted by molar-refractivity contribution is 5.92. The lowest BCUT2D eigenvalue weighted by Crippen LogP contribution is -2.34. The molecule has 1 amide bonds. The van der Waals surface area contributed by atoms with E-state index in [9.17, 15) is 14.0 Å². The Labute approximate surface area is 174 Å². The van der Waals surface area contributed by atoms with Crippen LogP contribution in [0, 0.1) is 5.82 Å². The molecule has 2 N–H and O–H groups in total. The van der Waals surface area contributed by atoms with Crippen LogP contribution in [0.5, 0.6) is 0 Å². The summed E-state index contributed by atoms with van der Waals surface area (Å²) in [4.78, 5) is 26.4. The van der Waals surface area contributed by atoms with Gasteiger partial charge < -0.3 is 10.5 Å². The highest BCUT2D eigenvalue weighted by Gasteiger charge is 2.23. The number of ether oxygens (including phenoxy) is 1. The van der Waals surface area contributed by atoms with Gasteiger partial charge in [0.25, 0.3) is 5.56 Å². The smallest absolute Gasteiger partial charge is 0.414 e. The number of aromatic nitrogens is 1. The third kappa shape index (κ3) is 4.15. The Morgan fingerprint density at radius 1 is 1.20 bits per heavy atom. The van der Waals surface area contributed by atoms with E-state index in [1.54, 1.807) is 45.2 Å². The van der Waals surface area contributed by atoms with Gasteiger partial charge >= 0.3 is 6.09 Å². The van der Waals surface area contributed by atoms with E-state index >= 15 is 0 Å². The SMILES string of the molecule is CCc1cc(-n2ccc3cc(N(C)C(=O)OC(C)(C)C)c(F)cc3c2=O)ccc1N. The minimum absolute atomic E-state index is 0.0367. The van der Waals surface area contributed by atoms with Crippen molar-refractivity contribution in [3.63, 3.8) is 0 Å². The molecule has 0 saturated heterocycles. The van der Waals surface area contributed by atoms with E-state index in [1.807, 2.05) is 13.0 Å². The van der Waals surface area contributed by atoms with Gasteiger partial charge in [0.05, 0.1) is 11.1 Å². The Bertz CT molecular complexity index is 1180. The van der Waals surface area contributed by atoms with E-state index in [4.69, 9.17) is 10.5 Å². The average Bonchev–Trinajstić information content (AvgIpc) is 2.67. The van der Waals surface area contributed by atoms with Gasteiger partial charge in [0, 0.05) is 24.6 Å². The number of fused-ring (bicyclic) bond motifs is 1. The topological polar surface area (TPSA) is 77.6 Å². The molecule has 0 saturated carbocycles. The van der Waals surface area contributed by atoms with Crippen molar-refractivity contribution in [3.8, 4) is 5.69 Å². The molecule has 2 aromatic carbocycles. The van der Waals surface area contributed by atoms with Crippen molar-refractivity contribution in [2.24, 2.45) is 0 Å². The first-order valence-corrected chi connectivity index (χ1v) is 9.72. The van der Waals surface area contributed by atoms with Gasteiger partial charge in [-0.25, -0.2) is 9.18 Å². The molecule has 3 rings (SSSR count). The normalized spacial score (nSPS) is 11.5. The molecule has 30 heavy (non-hydrogen) atoms. The van der Waals surface area contributed by atoms with E-state index in [1.165, 1.54) is 17.7 Å². The van der Waals surface area contributed by atoms with Gasteiger partial charge in [0.1, 0.15) is 11.4 Å². The second-order valence-electron chi connectivity index (χ2n) is 8.16. The molecular weight excluding hydrogens is 385 g/mol. The first-order valence-electron chi connectivity index (χ1n) is 9.72. The number of halogens is 1. The molecular formula is C23H26FN3O3. The van der Waals surface area contributed by atoms with Gasteiger partial charge in [-0.3, -0.25) is 14.3 Å². The van der Waals surface area contributed by atoms with Crippen molar-refractivity contribution in [1.29, 1.82) is 0 Å². The predicted octanol–water partition coefficient (Wildman–Crippen LogP) is 4.65. The molecule has 6 nitrogen and oxygen atoms in total. The summed E-state index contributed by atoms with van der Waals surface area (Å²) < 4.78 is 21.6. The highest BCUT2D eigenvalue weighted by Crippen LogP contribution is 2.26. The molecule has 0 unspecified atom stereocenters. The zero-order chi connectivity index (χ0) is 22.2. The molecule has 0 aliphatic rings. The minimum atomic E-state index is -0.706. The second-order valence-corrected chi connectivity index (χ2v) is 8.16. The number of hydrogen-bond acceptors (Lipinski definition) is 4. The third-order valence-electron chi connectivity index (χ3n) is 4.79. The second kappa shape index (κ2) is 7.82. The highest BCUT2D eigenvalue weighted by atomic mass is 19.1. The molecule has 0 bridgehead atoms. The summed E-state index contributed by atoms with van der Waals surface area (Å²) >= 11 is 0. The number of benzene rings is 2. The summed E-state index contributed by atoms with van der Waals surface area (Å²) in [7, 11) is 1.43. The summed E-state index contributed by atoms with van der Waals surface area (Å²) in [6, 6.07) is 9.70. The first-order chi connectivity index (χ1) is 14.0. The molecule has 0 aliphatic heterocycles. The Kier molecular flexibility index (Phi) is 5.57. The summed E-state index contributed by atoms with van der Waals surface area (Å²) in [5.41, 5.74) is 7.18. The molecule has 0 atom stereocenters. The molecule has 3 aromatic rings. The fraction of sp³-hybridized carbons (Fsp3) is 0.304. The lowest BCUT2D eigenvalue weighted by Gasteiger charge is -2.25. The van der Waals surface area contributed by atoms with Crippen molar-refractivity contribution < 1.29 is 13.9 Å². The van der Waals surface area contributed by atoms with Crippen LogP contribution in [0.1, 0.15) is 33.3 Å². The average molecular weight is 411 g/mol. The van der Waals surface area contributed by atoms with E-state index < -0.39 is 17.5 Å². The Balaban J connectivity index is 2.07. The lowest BCUT2D eigenvalue weighted by molar-refractivity contribution is 0.0588. The van der Waals surface area contributed by atoms with E-state index in [-0.39, 0.29) is 16.6 Å². The zero-order valence-corrected chi connectivity index (χ0v) is 17.8. The van der Waals surface area contributed by atoms with Crippen molar-refractivity contribution in [2.75, 3.05) is 17.7 Å². The van der Waals surface area contributed by atoms with Crippen LogP contribution >= 0.6 is 0 Å². The van der Waals surface area contributed by atoms with E-state index in [2.05, 4.69) is 0 Å². The van der Waals surface area contributed by atoms with Gasteiger partial charge in [0.2, 0.25) is 0 Å². The maximum Gasteiger partial charge on any atom is 0.414 e. The van der Waals surface area contributed by atoms with Crippen LogP contribution in [0.4, 0.5) is 20.6 Å². The quantitative estimate of drug-likeness (QED) is 0.637. The summed E-state index contributed by atoms with van der Waals surface area (Å²) in [6.45, 7) is 7.19. The largest absolute Gasteiger partial charge is 0.443 e. The fourth-order valence-corrected chi connectivity index (χ4v) is 3.19. The van der Waals surface area contributed by atoms with Crippen LogP contribution in [-0.2, 0) is 11.2 Å². The van der Waals surface area contributed by atoms with Crippen LogP contribution in [0.15, 0.2) is 47.4 Å². The summed E-state index contributed by atoms with van der Waals surface area (Å²) in [5.74, 6) is -0.683. The van der Waals surface area contributed by atoms with Crippen molar-refractivity contribution >= 4 is 28.2 Å².